The number of amides is 3. The number of aromatic nitrogens is 2. The molecule has 1 aromatic heterocycles. The average molecular weight is 1190 g/mol. The zero-order valence-corrected chi connectivity index (χ0v) is 44.3. The first-order chi connectivity index (χ1) is 38.5. The van der Waals surface area contributed by atoms with Crippen molar-refractivity contribution >= 4 is 83.0 Å². The summed E-state index contributed by atoms with van der Waals surface area (Å²) in [5, 5.41) is 158. The molecule has 3 rings (SSSR count). The minimum atomic E-state index is -2.77. The van der Waals surface area contributed by atoms with E-state index in [1.165, 1.54) is 18.3 Å². The van der Waals surface area contributed by atoms with Crippen LogP contribution in [0.15, 0.2) is 35.5 Å². The van der Waals surface area contributed by atoms with Crippen LogP contribution in [0, 0.1) is 17.8 Å². The molecule has 32 nitrogen and oxygen atoms in total. The molecule has 0 spiro atoms. The molecule has 0 fully saturated rings. The van der Waals surface area contributed by atoms with E-state index in [9.17, 15) is 125 Å². The van der Waals surface area contributed by atoms with Gasteiger partial charge in [-0.25, -0.2) is 19.8 Å². The van der Waals surface area contributed by atoms with Crippen LogP contribution in [-0.2, 0) is 51.2 Å². The molecule has 0 saturated carbocycles. The lowest BCUT2D eigenvalue weighted by atomic mass is 9.85. The minimum Gasteiger partial charge on any atom is -0.481 e. The minimum absolute atomic E-state index is 0.0733. The van der Waals surface area contributed by atoms with E-state index in [1.54, 1.807) is 17.4 Å². The molecule has 0 unspecified atom stereocenters. The van der Waals surface area contributed by atoms with Crippen molar-refractivity contribution in [3.63, 3.8) is 0 Å². The standard InChI is InChI=1S/C49H67N7O25S/c50-33-13-29(63)38-45(54-33)51-14-23(52-38)7-3-19-1-4-20(5-2-19)26(60)9-21(48(78)79)6-8-34(67)55-36(43(74)41(72)31(65)16-58)27(61)10-22(11-35(68)69)46(76)56-37(44(75)42(73)32(66)17-59)28(62)12-24(39(70)40(71)30(64)15-57)47(77)53-25(18-82)49(80)81/h1-2,4-5,14,21-22,24-25,30-32,36-37,39-44,57-59,64-66,70-75,82H,3,6-13,15-18H2,(H,53,77)(H,55,67)(H,56,76)(H,68,69)(H,78,79)(H,80,81)(H2,50,51,54)/t21-,22+,24+,25+,30-,31-,32-,36-,37-,39-,40-,41-,42-,43-,44-/m1/s1. The first-order valence-electron chi connectivity index (χ1n) is 25.0. The second-order valence-corrected chi connectivity index (χ2v) is 19.5. The lowest BCUT2D eigenvalue weighted by molar-refractivity contribution is -0.150. The van der Waals surface area contributed by atoms with E-state index in [0.717, 1.165) is 0 Å². The van der Waals surface area contributed by atoms with Gasteiger partial charge in [-0.1, -0.05) is 24.3 Å². The molecule has 0 bridgehead atoms. The van der Waals surface area contributed by atoms with E-state index in [2.05, 4.69) is 27.6 Å². The Labute approximate surface area is 470 Å². The van der Waals surface area contributed by atoms with E-state index in [4.69, 9.17) is 5.73 Å². The van der Waals surface area contributed by atoms with Crippen molar-refractivity contribution in [3.8, 4) is 0 Å². The normalized spacial score (nSPS) is 17.9. The Bertz CT molecular complexity index is 2630. The number of nitrogens with two attached hydrogens (primary N) is 1. The van der Waals surface area contributed by atoms with Crippen molar-refractivity contribution in [2.24, 2.45) is 28.5 Å². The number of carboxylic acids is 3. The summed E-state index contributed by atoms with van der Waals surface area (Å²) < 4.78 is 0. The van der Waals surface area contributed by atoms with Crippen molar-refractivity contribution in [2.75, 3.05) is 25.6 Å². The number of aliphatic imine (C=N–C) groups is 1. The van der Waals surface area contributed by atoms with Gasteiger partial charge in [0, 0.05) is 37.0 Å². The molecule has 3 amide bonds. The van der Waals surface area contributed by atoms with Gasteiger partial charge in [0.1, 0.15) is 72.8 Å². The van der Waals surface area contributed by atoms with E-state index < -0.39 is 208 Å². The van der Waals surface area contributed by atoms with Crippen LogP contribution in [0.5, 0.6) is 0 Å². The number of Topliss-reactive ketones (excluding diaryl/α,β-unsaturated/α-hetero) is 4. The number of aliphatic carboxylic acids is 3. The fraction of sp³-hybridized carbons (Fsp3) is 0.571. The number of carbonyl (C=O) groups excluding carboxylic acids is 7. The number of hydrogen-bond acceptors (Lipinski definition) is 27. The van der Waals surface area contributed by atoms with Gasteiger partial charge in [0.05, 0.1) is 68.4 Å². The highest BCUT2D eigenvalue weighted by Gasteiger charge is 2.45. The molecule has 20 N–H and O–H groups in total. The van der Waals surface area contributed by atoms with Gasteiger partial charge in [-0.15, -0.1) is 0 Å². The van der Waals surface area contributed by atoms with Crippen molar-refractivity contribution in [2.45, 2.75) is 131 Å². The number of nitrogens with zero attached hydrogens (tertiary/aromatic N) is 3. The van der Waals surface area contributed by atoms with Crippen molar-refractivity contribution < 1.29 is 125 Å². The van der Waals surface area contributed by atoms with Gasteiger partial charge in [0.15, 0.2) is 34.6 Å². The lowest BCUT2D eigenvalue weighted by Gasteiger charge is -2.33. The fourth-order valence-electron chi connectivity index (χ4n) is 8.21. The van der Waals surface area contributed by atoms with E-state index >= 15 is 0 Å². The van der Waals surface area contributed by atoms with E-state index in [-0.39, 0.29) is 35.1 Å². The second kappa shape index (κ2) is 32.7. The third kappa shape index (κ3) is 19.9. The number of aliphatic hydroxyl groups excluding tert-OH is 12. The predicted molar refractivity (Wildman–Crippen MR) is 276 cm³/mol. The van der Waals surface area contributed by atoms with Gasteiger partial charge in [-0.2, -0.15) is 12.6 Å². The molecule has 82 heavy (non-hydrogen) atoms. The van der Waals surface area contributed by atoms with Gasteiger partial charge < -0.3 is 98.3 Å². The predicted octanol–water partition coefficient (Wildman–Crippen LogP) is -7.79. The van der Waals surface area contributed by atoms with Gasteiger partial charge in [-0.05, 0) is 24.8 Å². The van der Waals surface area contributed by atoms with Crippen molar-refractivity contribution in [1.82, 2.24) is 25.9 Å². The average Bonchev–Trinajstić information content (AvgIpc) is 3.62. The van der Waals surface area contributed by atoms with Gasteiger partial charge in [0.25, 0.3) is 0 Å². The van der Waals surface area contributed by atoms with Crippen LogP contribution in [0.3, 0.4) is 0 Å². The Morgan fingerprint density at radius 3 is 1.67 bits per heavy atom. The summed E-state index contributed by atoms with van der Waals surface area (Å²) in [6, 6.07) is -0.958. The van der Waals surface area contributed by atoms with Crippen LogP contribution in [0.4, 0.5) is 5.82 Å². The molecule has 1 aliphatic rings. The van der Waals surface area contributed by atoms with Crippen LogP contribution >= 0.6 is 12.6 Å². The number of benzene rings is 1. The number of aryl methyl sites for hydroxylation is 2. The highest BCUT2D eigenvalue weighted by Crippen LogP contribution is 2.24. The number of carbonyl (C=O) groups is 10. The number of aliphatic hydroxyl groups is 12. The van der Waals surface area contributed by atoms with Crippen LogP contribution in [0.25, 0.3) is 0 Å². The molecular weight excluding hydrogens is 1120 g/mol. The zero-order chi connectivity index (χ0) is 61.9. The third-order valence-electron chi connectivity index (χ3n) is 13.1. The van der Waals surface area contributed by atoms with Gasteiger partial charge in [0.2, 0.25) is 17.7 Å². The highest BCUT2D eigenvalue weighted by atomic mass is 32.1. The molecule has 1 aromatic carbocycles. The third-order valence-corrected chi connectivity index (χ3v) is 13.5. The smallest absolute Gasteiger partial charge is 0.327 e. The molecule has 0 saturated heterocycles. The lowest BCUT2D eigenvalue weighted by Crippen LogP contribution is -2.59. The summed E-state index contributed by atoms with van der Waals surface area (Å²) in [6.07, 6.45) is -26.7. The Morgan fingerprint density at radius 2 is 1.16 bits per heavy atom. The molecule has 0 aliphatic carbocycles. The van der Waals surface area contributed by atoms with Crippen LogP contribution in [-0.4, -0.2) is 250 Å². The molecule has 15 atom stereocenters. The number of thiol groups is 1. The highest BCUT2D eigenvalue weighted by molar-refractivity contribution is 7.80. The first kappa shape index (κ1) is 69.4. The van der Waals surface area contributed by atoms with Crippen LogP contribution in [0.1, 0.15) is 77.0 Å². The second-order valence-electron chi connectivity index (χ2n) is 19.2. The molecule has 33 heteroatoms. The molecular formula is C49H67N7O25S. The fourth-order valence-corrected chi connectivity index (χ4v) is 8.45. The number of nitrogens with one attached hydrogen (secondary N) is 3. The molecule has 2 heterocycles. The number of amidine groups is 1. The number of hydrogen-bond donors (Lipinski definition) is 20. The number of rotatable bonds is 37. The maximum absolute atomic E-state index is 14.0. The SMILES string of the molecule is NC1=Nc2ncc(CCc3ccc(C(=O)C[C@@H](CCC(=O)N[C@H](C(=O)C[C@@H](CC(=O)O)C(=O)N[C@H](C(=O)C[C@H](C(=O)N[C@@H](CS)C(=O)O)[C@@H](O)[C@H](O)[C@H](O)CO)[C@@H](O)[C@H](O)[C@H](O)CO)[C@@H](O)[C@H](O)[C@H](O)CO)C(=O)O)cc3)nc2C(=O)C1. The number of ketones is 4. The summed E-state index contributed by atoms with van der Waals surface area (Å²) in [5.74, 6) is -20.6. The Morgan fingerprint density at radius 1 is 0.622 bits per heavy atom. The number of fused-ring (bicyclic) bond motifs is 1. The molecule has 2 aromatic rings. The van der Waals surface area contributed by atoms with Crippen LogP contribution < -0.4 is 21.7 Å². The molecule has 0 radical (unpaired) electrons. The maximum Gasteiger partial charge on any atom is 0.327 e. The van der Waals surface area contributed by atoms with Gasteiger partial charge in [-0.3, -0.25) is 43.2 Å². The summed E-state index contributed by atoms with van der Waals surface area (Å²) in [7, 11) is 0. The summed E-state index contributed by atoms with van der Waals surface area (Å²) in [5.41, 5.74) is 6.99. The molecule has 1 aliphatic heterocycles. The van der Waals surface area contributed by atoms with Gasteiger partial charge >= 0.3 is 17.9 Å². The Kier molecular flexibility index (Phi) is 27.7. The summed E-state index contributed by atoms with van der Waals surface area (Å²) in [4.78, 5) is 143. The number of carboxylic acid groups (broad SMARTS) is 3. The quantitative estimate of drug-likeness (QED) is 0.0221. The van der Waals surface area contributed by atoms with E-state index in [1.807, 2.05) is 10.6 Å². The van der Waals surface area contributed by atoms with Crippen LogP contribution in [0.2, 0.25) is 0 Å². The molecule has 454 valence electrons. The van der Waals surface area contributed by atoms with E-state index in [0.29, 0.717) is 24.1 Å². The zero-order valence-electron chi connectivity index (χ0n) is 43.4. The summed E-state index contributed by atoms with van der Waals surface area (Å²) >= 11 is 3.78. The first-order valence-corrected chi connectivity index (χ1v) is 25.7. The monoisotopic (exact) mass is 1190 g/mol. The Hall–Kier alpha value is -6.86. The Balaban J connectivity index is 1.87. The summed E-state index contributed by atoms with van der Waals surface area (Å²) in [6.45, 7) is -3.85. The van der Waals surface area contributed by atoms with Crippen molar-refractivity contribution in [1.29, 1.82) is 0 Å². The largest absolute Gasteiger partial charge is 0.481 e. The maximum atomic E-state index is 14.0. The topological polar surface area (TPSA) is 574 Å². The van der Waals surface area contributed by atoms with Crippen molar-refractivity contribution in [3.05, 3.63) is 53.0 Å².